The van der Waals surface area contributed by atoms with Crippen molar-refractivity contribution in [2.24, 2.45) is 11.8 Å². The van der Waals surface area contributed by atoms with Crippen LogP contribution in [-0.4, -0.2) is 23.9 Å². The van der Waals surface area contributed by atoms with E-state index >= 15 is 0 Å². The zero-order chi connectivity index (χ0) is 9.14. The van der Waals surface area contributed by atoms with Gasteiger partial charge in [0.25, 0.3) is 0 Å². The van der Waals surface area contributed by atoms with Crippen molar-refractivity contribution in [3.63, 3.8) is 0 Å². The number of carbonyl (C=O) groups excluding carboxylic acids is 1. The second-order valence-electron chi connectivity index (χ2n) is 3.76. The molecule has 70 valence electrons. The third-order valence-corrected chi connectivity index (χ3v) is 3.07. The van der Waals surface area contributed by atoms with E-state index in [1.165, 1.54) is 12.8 Å². The predicted molar refractivity (Wildman–Crippen MR) is 49.8 cm³/mol. The highest BCUT2D eigenvalue weighted by atomic mass is 16.2. The number of hydrogen-bond donors (Lipinski definition) is 0. The molecule has 1 aliphatic heterocycles. The molecule has 2 heteroatoms. The molecule has 2 atom stereocenters. The molecule has 1 heterocycles. The Hall–Kier alpha value is -0.530. The van der Waals surface area contributed by atoms with Gasteiger partial charge < -0.3 is 4.90 Å². The fourth-order valence-corrected chi connectivity index (χ4v) is 2.12. The highest BCUT2D eigenvalue weighted by Gasteiger charge is 2.31. The molecular weight excluding hydrogens is 150 g/mol. The Morgan fingerprint density at radius 1 is 1.25 bits per heavy atom. The van der Waals surface area contributed by atoms with Gasteiger partial charge >= 0.3 is 0 Å². The minimum absolute atomic E-state index is 0.240. The zero-order valence-corrected chi connectivity index (χ0v) is 8.34. The largest absolute Gasteiger partial charge is 0.342 e. The van der Waals surface area contributed by atoms with Crippen LogP contribution >= 0.6 is 0 Å². The molecule has 0 radical (unpaired) electrons. The van der Waals surface area contributed by atoms with Gasteiger partial charge in [-0.25, -0.2) is 0 Å². The maximum atomic E-state index is 11.1. The van der Waals surface area contributed by atoms with Gasteiger partial charge in [0.15, 0.2) is 0 Å². The average Bonchev–Trinajstić information content (AvgIpc) is 2.46. The van der Waals surface area contributed by atoms with E-state index in [0.717, 1.165) is 24.9 Å². The van der Waals surface area contributed by atoms with Crippen molar-refractivity contribution in [2.75, 3.05) is 13.1 Å². The van der Waals surface area contributed by atoms with Gasteiger partial charge in [0.2, 0.25) is 5.91 Å². The second-order valence-corrected chi connectivity index (χ2v) is 3.76. The SMILES string of the molecule is CCC1CN(C(C)=O)CC1CC. The van der Waals surface area contributed by atoms with E-state index < -0.39 is 0 Å². The zero-order valence-electron chi connectivity index (χ0n) is 8.34. The van der Waals surface area contributed by atoms with Crippen LogP contribution in [0.4, 0.5) is 0 Å². The lowest BCUT2D eigenvalue weighted by Crippen LogP contribution is -2.26. The minimum atomic E-state index is 0.240. The Morgan fingerprint density at radius 3 is 1.92 bits per heavy atom. The molecular formula is C10H19NO. The average molecular weight is 169 g/mol. The van der Waals surface area contributed by atoms with E-state index in [2.05, 4.69) is 13.8 Å². The molecule has 12 heavy (non-hydrogen) atoms. The number of rotatable bonds is 2. The molecule has 1 amide bonds. The van der Waals surface area contributed by atoms with Gasteiger partial charge in [0.1, 0.15) is 0 Å². The molecule has 0 saturated carbocycles. The van der Waals surface area contributed by atoms with Gasteiger partial charge in [-0.3, -0.25) is 4.79 Å². The number of nitrogens with zero attached hydrogens (tertiary/aromatic N) is 1. The summed E-state index contributed by atoms with van der Waals surface area (Å²) in [5.74, 6) is 1.74. The molecule has 0 aromatic carbocycles. The van der Waals surface area contributed by atoms with Crippen LogP contribution in [0, 0.1) is 11.8 Å². The standard InChI is InChI=1S/C10H19NO/c1-4-9-6-11(8(3)12)7-10(9)5-2/h9-10H,4-7H2,1-3H3. The molecule has 1 rings (SSSR count). The third kappa shape index (κ3) is 1.79. The highest BCUT2D eigenvalue weighted by Crippen LogP contribution is 2.28. The molecule has 2 unspecified atom stereocenters. The van der Waals surface area contributed by atoms with Crippen molar-refractivity contribution in [3.05, 3.63) is 0 Å². The molecule has 0 aromatic rings. The lowest BCUT2D eigenvalue weighted by atomic mass is 9.92. The maximum Gasteiger partial charge on any atom is 0.219 e. The van der Waals surface area contributed by atoms with Crippen molar-refractivity contribution >= 4 is 5.91 Å². The van der Waals surface area contributed by atoms with Gasteiger partial charge in [0, 0.05) is 20.0 Å². The third-order valence-electron chi connectivity index (χ3n) is 3.07. The number of hydrogen-bond acceptors (Lipinski definition) is 1. The molecule has 0 aliphatic carbocycles. The van der Waals surface area contributed by atoms with E-state index in [0.29, 0.717) is 0 Å². The Morgan fingerprint density at radius 2 is 1.67 bits per heavy atom. The Kier molecular flexibility index (Phi) is 3.12. The highest BCUT2D eigenvalue weighted by molar-refractivity contribution is 5.73. The topological polar surface area (TPSA) is 20.3 Å². The normalized spacial score (nSPS) is 29.4. The summed E-state index contributed by atoms with van der Waals surface area (Å²) in [6.07, 6.45) is 2.42. The van der Waals surface area contributed by atoms with Crippen LogP contribution in [-0.2, 0) is 4.79 Å². The maximum absolute atomic E-state index is 11.1. The van der Waals surface area contributed by atoms with E-state index in [1.807, 2.05) is 4.90 Å². The van der Waals surface area contributed by atoms with Crippen molar-refractivity contribution in [2.45, 2.75) is 33.6 Å². The molecule has 0 spiro atoms. The van der Waals surface area contributed by atoms with Crippen LogP contribution in [0.15, 0.2) is 0 Å². The Labute approximate surface area is 74.9 Å². The van der Waals surface area contributed by atoms with Crippen molar-refractivity contribution < 1.29 is 4.79 Å². The summed E-state index contributed by atoms with van der Waals surface area (Å²) in [6, 6.07) is 0. The first-order valence-corrected chi connectivity index (χ1v) is 4.94. The summed E-state index contributed by atoms with van der Waals surface area (Å²) >= 11 is 0. The Bertz CT molecular complexity index is 155. The van der Waals surface area contributed by atoms with Gasteiger partial charge in [0.05, 0.1) is 0 Å². The predicted octanol–water partition coefficient (Wildman–Crippen LogP) is 1.90. The van der Waals surface area contributed by atoms with Crippen LogP contribution in [0.3, 0.4) is 0 Å². The molecule has 0 N–H and O–H groups in total. The molecule has 1 aliphatic rings. The number of amides is 1. The van der Waals surface area contributed by atoms with E-state index in [4.69, 9.17) is 0 Å². The summed E-state index contributed by atoms with van der Waals surface area (Å²) in [6.45, 7) is 8.09. The molecule has 0 bridgehead atoms. The first-order valence-electron chi connectivity index (χ1n) is 4.94. The first-order chi connectivity index (χ1) is 5.69. The molecule has 1 fully saturated rings. The number of carbonyl (C=O) groups is 1. The van der Waals surface area contributed by atoms with Crippen molar-refractivity contribution in [1.29, 1.82) is 0 Å². The van der Waals surface area contributed by atoms with Gasteiger partial charge in [-0.2, -0.15) is 0 Å². The van der Waals surface area contributed by atoms with E-state index in [1.54, 1.807) is 6.92 Å². The molecule has 0 aromatic heterocycles. The summed E-state index contributed by atoms with van der Waals surface area (Å²) < 4.78 is 0. The fourth-order valence-electron chi connectivity index (χ4n) is 2.12. The Balaban J connectivity index is 2.53. The van der Waals surface area contributed by atoms with Crippen LogP contribution in [0.5, 0.6) is 0 Å². The lowest BCUT2D eigenvalue weighted by molar-refractivity contribution is -0.128. The van der Waals surface area contributed by atoms with Crippen molar-refractivity contribution in [3.8, 4) is 0 Å². The lowest BCUT2D eigenvalue weighted by Gasteiger charge is -2.12. The van der Waals surface area contributed by atoms with E-state index in [9.17, 15) is 4.79 Å². The minimum Gasteiger partial charge on any atom is -0.342 e. The smallest absolute Gasteiger partial charge is 0.219 e. The first kappa shape index (κ1) is 9.56. The van der Waals surface area contributed by atoms with Crippen molar-refractivity contribution in [1.82, 2.24) is 4.90 Å². The summed E-state index contributed by atoms with van der Waals surface area (Å²) in [5, 5.41) is 0. The summed E-state index contributed by atoms with van der Waals surface area (Å²) in [7, 11) is 0. The van der Waals surface area contributed by atoms with Crippen LogP contribution < -0.4 is 0 Å². The van der Waals surface area contributed by atoms with Crippen LogP contribution in [0.2, 0.25) is 0 Å². The summed E-state index contributed by atoms with van der Waals surface area (Å²) in [5.41, 5.74) is 0. The molecule has 2 nitrogen and oxygen atoms in total. The van der Waals surface area contributed by atoms with Gasteiger partial charge in [-0.05, 0) is 11.8 Å². The quantitative estimate of drug-likeness (QED) is 0.618. The second kappa shape index (κ2) is 3.92. The fraction of sp³-hybridized carbons (Fsp3) is 0.900. The summed E-state index contributed by atoms with van der Waals surface area (Å²) in [4.78, 5) is 13.1. The van der Waals surface area contributed by atoms with Crippen LogP contribution in [0.25, 0.3) is 0 Å². The van der Waals surface area contributed by atoms with Gasteiger partial charge in [-0.15, -0.1) is 0 Å². The molecule has 1 saturated heterocycles. The van der Waals surface area contributed by atoms with Crippen LogP contribution in [0.1, 0.15) is 33.6 Å². The van der Waals surface area contributed by atoms with Gasteiger partial charge in [-0.1, -0.05) is 26.7 Å². The van der Waals surface area contributed by atoms with E-state index in [-0.39, 0.29) is 5.91 Å². The number of likely N-dealkylation sites (tertiary alicyclic amines) is 1. The monoisotopic (exact) mass is 169 g/mol.